The first-order valence-corrected chi connectivity index (χ1v) is 7.39. The van der Waals surface area contributed by atoms with Crippen LogP contribution >= 0.6 is 11.6 Å². The first-order chi connectivity index (χ1) is 11.5. The van der Waals surface area contributed by atoms with Crippen molar-refractivity contribution < 1.29 is 18.4 Å². The summed E-state index contributed by atoms with van der Waals surface area (Å²) in [7, 11) is 0. The minimum atomic E-state index is -0.564. The molecule has 0 atom stereocenters. The smallest absolute Gasteiger partial charge is 0.287 e. The molecule has 2 aromatic carbocycles. The zero-order valence-electron chi connectivity index (χ0n) is 12.4. The van der Waals surface area contributed by atoms with Gasteiger partial charge in [-0.2, -0.15) is 0 Å². The van der Waals surface area contributed by atoms with Crippen molar-refractivity contribution in [2.75, 3.05) is 0 Å². The summed E-state index contributed by atoms with van der Waals surface area (Å²) in [5.74, 6) is -0.139. The number of rotatable bonds is 2. The van der Waals surface area contributed by atoms with Crippen LogP contribution in [0.15, 0.2) is 69.5 Å². The summed E-state index contributed by atoms with van der Waals surface area (Å²) in [6.07, 6.45) is 0. The molecule has 5 nitrogen and oxygen atoms in total. The van der Waals surface area contributed by atoms with E-state index in [2.05, 4.69) is 0 Å². The molecule has 2 N–H and O–H groups in total. The van der Waals surface area contributed by atoms with Gasteiger partial charge < -0.3 is 14.6 Å². The van der Waals surface area contributed by atoms with Crippen molar-refractivity contribution in [1.82, 2.24) is 0 Å². The molecular formula is C18H12ClNO4. The number of halogens is 1. The van der Waals surface area contributed by atoms with Crippen molar-refractivity contribution in [1.29, 1.82) is 0 Å². The highest BCUT2D eigenvalue weighted by molar-refractivity contribution is 6.67. The molecular weight excluding hydrogens is 330 g/mol. The number of benzene rings is 2. The van der Waals surface area contributed by atoms with Crippen LogP contribution in [0.4, 0.5) is 0 Å². The number of nitrogens with two attached hydrogens (primary N) is 1. The van der Waals surface area contributed by atoms with E-state index in [1.807, 2.05) is 36.4 Å². The molecule has 0 aliphatic heterocycles. The lowest BCUT2D eigenvalue weighted by Crippen LogP contribution is -2.08. The third-order valence-electron chi connectivity index (χ3n) is 3.29. The summed E-state index contributed by atoms with van der Waals surface area (Å²) in [5, 5.41) is 1.22. The SMILES string of the molecule is NC(=O)c1cc2ccccc2o1.O=C(Cl)c1cc2ccccc2o1. The Balaban J connectivity index is 0.000000141. The molecule has 0 spiro atoms. The number of primary amides is 1. The second kappa shape index (κ2) is 6.60. The lowest BCUT2D eigenvalue weighted by atomic mass is 10.2. The monoisotopic (exact) mass is 341 g/mol. The van der Waals surface area contributed by atoms with E-state index in [-0.39, 0.29) is 11.5 Å². The molecule has 0 saturated carbocycles. The molecule has 1 amide bonds. The Kier molecular flexibility index (Phi) is 4.35. The summed E-state index contributed by atoms with van der Waals surface area (Å²) < 4.78 is 10.3. The Morgan fingerprint density at radius 1 is 0.792 bits per heavy atom. The molecule has 4 aromatic rings. The predicted octanol–water partition coefficient (Wildman–Crippen LogP) is 4.34. The molecule has 2 heterocycles. The molecule has 0 fully saturated rings. The van der Waals surface area contributed by atoms with Crippen LogP contribution in [0.3, 0.4) is 0 Å². The van der Waals surface area contributed by atoms with Gasteiger partial charge in [-0.15, -0.1) is 0 Å². The van der Waals surface area contributed by atoms with Crippen molar-refractivity contribution in [2.24, 2.45) is 5.73 Å². The van der Waals surface area contributed by atoms with E-state index < -0.39 is 11.1 Å². The Bertz CT molecular complexity index is 882. The first-order valence-electron chi connectivity index (χ1n) is 7.01. The second-order valence-electron chi connectivity index (χ2n) is 4.93. The molecule has 2 aromatic heterocycles. The quantitative estimate of drug-likeness (QED) is 0.549. The van der Waals surface area contributed by atoms with E-state index in [1.54, 1.807) is 24.3 Å². The molecule has 0 bridgehead atoms. The van der Waals surface area contributed by atoms with E-state index in [4.69, 9.17) is 26.2 Å². The zero-order chi connectivity index (χ0) is 17.1. The van der Waals surface area contributed by atoms with E-state index in [0.29, 0.717) is 11.2 Å². The largest absolute Gasteiger partial charge is 0.452 e. The van der Waals surface area contributed by atoms with Gasteiger partial charge in [0.05, 0.1) is 0 Å². The third kappa shape index (κ3) is 3.31. The van der Waals surface area contributed by atoms with Gasteiger partial charge in [-0.05, 0) is 35.9 Å². The molecule has 0 unspecified atom stereocenters. The fourth-order valence-electron chi connectivity index (χ4n) is 2.18. The standard InChI is InChI=1S/C9H5ClO2.C9H7NO2/c2*10-9(11)8-5-6-3-1-2-4-7(6)12-8/h1-5H;1-5H,(H2,10,11). The van der Waals surface area contributed by atoms with Crippen LogP contribution in [0.5, 0.6) is 0 Å². The highest BCUT2D eigenvalue weighted by Crippen LogP contribution is 2.20. The number of furan rings is 2. The second-order valence-corrected chi connectivity index (χ2v) is 5.28. The van der Waals surface area contributed by atoms with Crippen molar-refractivity contribution >= 4 is 44.7 Å². The summed E-state index contributed by atoms with van der Waals surface area (Å²) in [6.45, 7) is 0. The van der Waals surface area contributed by atoms with E-state index in [9.17, 15) is 9.59 Å². The van der Waals surface area contributed by atoms with Crippen LogP contribution in [-0.4, -0.2) is 11.1 Å². The van der Waals surface area contributed by atoms with Crippen LogP contribution in [0.25, 0.3) is 21.9 Å². The van der Waals surface area contributed by atoms with E-state index in [1.165, 1.54) is 0 Å². The van der Waals surface area contributed by atoms with Gasteiger partial charge in [0.15, 0.2) is 11.5 Å². The number of para-hydroxylation sites is 2. The molecule has 0 aliphatic carbocycles. The minimum absolute atomic E-state index is 0.192. The molecule has 6 heteroatoms. The van der Waals surface area contributed by atoms with Gasteiger partial charge in [-0.3, -0.25) is 9.59 Å². The van der Waals surface area contributed by atoms with Crippen LogP contribution in [0, 0.1) is 0 Å². The number of amides is 1. The molecule has 0 aliphatic rings. The van der Waals surface area contributed by atoms with Crippen LogP contribution in [0.2, 0.25) is 0 Å². The van der Waals surface area contributed by atoms with Crippen molar-refractivity contribution in [2.45, 2.75) is 0 Å². The topological polar surface area (TPSA) is 86.4 Å². The molecule has 0 radical (unpaired) electrons. The van der Waals surface area contributed by atoms with E-state index >= 15 is 0 Å². The van der Waals surface area contributed by atoms with E-state index in [0.717, 1.165) is 10.8 Å². The summed E-state index contributed by atoms with van der Waals surface area (Å²) in [6, 6.07) is 18.0. The van der Waals surface area contributed by atoms with Crippen LogP contribution in [-0.2, 0) is 0 Å². The Morgan fingerprint density at radius 3 is 1.71 bits per heavy atom. The number of carbonyl (C=O) groups excluding carboxylic acids is 2. The minimum Gasteiger partial charge on any atom is -0.452 e. The number of carbonyl (C=O) groups is 2. The number of fused-ring (bicyclic) bond motifs is 2. The normalized spacial score (nSPS) is 10.4. The number of hydrogen-bond donors (Lipinski definition) is 1. The molecule has 120 valence electrons. The van der Waals surface area contributed by atoms with Crippen molar-refractivity contribution in [3.8, 4) is 0 Å². The van der Waals surface area contributed by atoms with Gasteiger partial charge in [0.25, 0.3) is 11.1 Å². The van der Waals surface area contributed by atoms with Crippen LogP contribution < -0.4 is 5.73 Å². The maximum absolute atomic E-state index is 10.7. The fraction of sp³-hybridized carbons (Fsp3) is 0. The summed E-state index contributed by atoms with van der Waals surface area (Å²) >= 11 is 5.24. The highest BCUT2D eigenvalue weighted by Gasteiger charge is 2.08. The van der Waals surface area contributed by atoms with Crippen molar-refractivity contribution in [3.63, 3.8) is 0 Å². The van der Waals surface area contributed by atoms with Gasteiger partial charge in [0.1, 0.15) is 11.2 Å². The van der Waals surface area contributed by atoms with Gasteiger partial charge in [0, 0.05) is 10.8 Å². The fourth-order valence-corrected chi connectivity index (χ4v) is 2.28. The molecule has 24 heavy (non-hydrogen) atoms. The summed E-state index contributed by atoms with van der Waals surface area (Å²) in [4.78, 5) is 21.4. The lowest BCUT2D eigenvalue weighted by molar-refractivity contribution is 0.0975. The lowest BCUT2D eigenvalue weighted by Gasteiger charge is -1.83. The van der Waals surface area contributed by atoms with Crippen LogP contribution in [0.1, 0.15) is 21.1 Å². The predicted molar refractivity (Wildman–Crippen MR) is 91.1 cm³/mol. The van der Waals surface area contributed by atoms with Gasteiger partial charge in [-0.25, -0.2) is 0 Å². The number of hydrogen-bond acceptors (Lipinski definition) is 4. The van der Waals surface area contributed by atoms with Gasteiger partial charge in [-0.1, -0.05) is 36.4 Å². The maximum atomic E-state index is 10.7. The highest BCUT2D eigenvalue weighted by atomic mass is 35.5. The third-order valence-corrected chi connectivity index (χ3v) is 3.47. The first kappa shape index (κ1) is 15.8. The average molecular weight is 342 g/mol. The Hall–Kier alpha value is -3.05. The molecule has 4 rings (SSSR count). The summed E-state index contributed by atoms with van der Waals surface area (Å²) in [5.41, 5.74) is 6.41. The van der Waals surface area contributed by atoms with Gasteiger partial charge in [0.2, 0.25) is 0 Å². The average Bonchev–Trinajstić information content (AvgIpc) is 3.19. The molecule has 0 saturated heterocycles. The van der Waals surface area contributed by atoms with Crippen molar-refractivity contribution in [3.05, 3.63) is 72.2 Å². The Labute approximate surface area is 141 Å². The maximum Gasteiger partial charge on any atom is 0.287 e. The Morgan fingerprint density at radius 2 is 1.25 bits per heavy atom. The van der Waals surface area contributed by atoms with Gasteiger partial charge >= 0.3 is 0 Å². The zero-order valence-corrected chi connectivity index (χ0v) is 13.1.